The minimum atomic E-state index is -0.542. The van der Waals surface area contributed by atoms with Gasteiger partial charge in [0.05, 0.1) is 4.92 Å². The maximum atomic E-state index is 11.8. The molecule has 0 spiro atoms. The van der Waals surface area contributed by atoms with Crippen LogP contribution in [0.2, 0.25) is 0 Å². The molecule has 17 heavy (non-hydrogen) atoms. The Kier molecular flexibility index (Phi) is 4.63. The SMILES string of the molecule is CCCC(C)NC(=O)c1ccccc1[N+](=O)[O-]. The largest absolute Gasteiger partial charge is 0.349 e. The first-order valence-electron chi connectivity index (χ1n) is 5.60. The summed E-state index contributed by atoms with van der Waals surface area (Å²) >= 11 is 0. The molecule has 1 aromatic carbocycles. The van der Waals surface area contributed by atoms with E-state index in [2.05, 4.69) is 5.32 Å². The van der Waals surface area contributed by atoms with Crippen molar-refractivity contribution in [2.24, 2.45) is 0 Å². The Bertz CT molecular complexity index is 418. The number of hydrogen-bond acceptors (Lipinski definition) is 3. The Hall–Kier alpha value is -1.91. The molecule has 5 heteroatoms. The fourth-order valence-electron chi connectivity index (χ4n) is 1.63. The van der Waals surface area contributed by atoms with Crippen molar-refractivity contribution < 1.29 is 9.72 Å². The van der Waals surface area contributed by atoms with Crippen molar-refractivity contribution in [3.63, 3.8) is 0 Å². The van der Waals surface area contributed by atoms with E-state index in [0.29, 0.717) is 0 Å². The van der Waals surface area contributed by atoms with Gasteiger partial charge in [-0.2, -0.15) is 0 Å². The Labute approximate surface area is 100.0 Å². The molecule has 1 rings (SSSR count). The molecule has 1 amide bonds. The lowest BCUT2D eigenvalue weighted by Gasteiger charge is -2.12. The Morgan fingerprint density at radius 1 is 1.47 bits per heavy atom. The topological polar surface area (TPSA) is 72.2 Å². The molecular formula is C12H16N2O3. The van der Waals surface area contributed by atoms with Gasteiger partial charge in [0.25, 0.3) is 11.6 Å². The van der Waals surface area contributed by atoms with Crippen molar-refractivity contribution in [3.05, 3.63) is 39.9 Å². The van der Waals surface area contributed by atoms with Gasteiger partial charge in [0.15, 0.2) is 0 Å². The summed E-state index contributed by atoms with van der Waals surface area (Å²) in [6.45, 7) is 3.91. The van der Waals surface area contributed by atoms with E-state index in [9.17, 15) is 14.9 Å². The molecule has 0 aromatic heterocycles. The van der Waals surface area contributed by atoms with Crippen molar-refractivity contribution >= 4 is 11.6 Å². The predicted octanol–water partition coefficient (Wildman–Crippen LogP) is 2.51. The van der Waals surface area contributed by atoms with Crippen LogP contribution >= 0.6 is 0 Å². The Morgan fingerprint density at radius 3 is 2.71 bits per heavy atom. The summed E-state index contributed by atoms with van der Waals surface area (Å²) in [5, 5.41) is 13.5. The lowest BCUT2D eigenvalue weighted by Crippen LogP contribution is -2.32. The van der Waals surface area contributed by atoms with E-state index in [4.69, 9.17) is 0 Å². The molecule has 5 nitrogen and oxygen atoms in total. The lowest BCUT2D eigenvalue weighted by molar-refractivity contribution is -0.385. The number of benzene rings is 1. The van der Waals surface area contributed by atoms with E-state index < -0.39 is 10.8 Å². The van der Waals surface area contributed by atoms with E-state index in [1.54, 1.807) is 12.1 Å². The van der Waals surface area contributed by atoms with Crippen LogP contribution in [0.1, 0.15) is 37.0 Å². The zero-order valence-corrected chi connectivity index (χ0v) is 9.97. The third-order valence-corrected chi connectivity index (χ3v) is 2.44. The van der Waals surface area contributed by atoms with Gasteiger partial charge in [0.2, 0.25) is 0 Å². The third-order valence-electron chi connectivity index (χ3n) is 2.44. The van der Waals surface area contributed by atoms with Crippen LogP contribution in [0, 0.1) is 10.1 Å². The van der Waals surface area contributed by atoms with Crippen molar-refractivity contribution in [1.82, 2.24) is 5.32 Å². The van der Waals surface area contributed by atoms with Crippen LogP contribution in [0.25, 0.3) is 0 Å². The van der Waals surface area contributed by atoms with Crippen LogP contribution in [0.3, 0.4) is 0 Å². The smallest absolute Gasteiger partial charge is 0.282 e. The minimum absolute atomic E-state index is 0.0207. The summed E-state index contributed by atoms with van der Waals surface area (Å²) in [6.07, 6.45) is 1.81. The van der Waals surface area contributed by atoms with Gasteiger partial charge in [-0.1, -0.05) is 25.5 Å². The third kappa shape index (κ3) is 3.55. The first-order chi connectivity index (χ1) is 8.06. The summed E-state index contributed by atoms with van der Waals surface area (Å²) in [6, 6.07) is 5.98. The van der Waals surface area contributed by atoms with Gasteiger partial charge in [-0.05, 0) is 19.4 Å². The second-order valence-corrected chi connectivity index (χ2v) is 3.94. The van der Waals surface area contributed by atoms with Crippen LogP contribution in [0.4, 0.5) is 5.69 Å². The zero-order chi connectivity index (χ0) is 12.8. The fraction of sp³-hybridized carbons (Fsp3) is 0.417. The highest BCUT2D eigenvalue weighted by atomic mass is 16.6. The van der Waals surface area contributed by atoms with E-state index in [1.807, 2.05) is 13.8 Å². The van der Waals surface area contributed by atoms with Gasteiger partial charge >= 0.3 is 0 Å². The number of nitrogens with one attached hydrogen (secondary N) is 1. The molecule has 1 atom stereocenters. The number of carbonyl (C=O) groups excluding carboxylic acids is 1. The zero-order valence-electron chi connectivity index (χ0n) is 9.97. The lowest BCUT2D eigenvalue weighted by atomic mass is 10.1. The van der Waals surface area contributed by atoms with E-state index in [0.717, 1.165) is 12.8 Å². The molecule has 0 saturated carbocycles. The summed E-state index contributed by atoms with van der Waals surface area (Å²) in [7, 11) is 0. The number of carbonyl (C=O) groups is 1. The molecule has 0 radical (unpaired) electrons. The molecule has 1 unspecified atom stereocenters. The molecule has 0 bridgehead atoms. The number of para-hydroxylation sites is 1. The highest BCUT2D eigenvalue weighted by Crippen LogP contribution is 2.17. The summed E-state index contributed by atoms with van der Waals surface area (Å²) < 4.78 is 0. The normalized spacial score (nSPS) is 11.9. The average molecular weight is 236 g/mol. The predicted molar refractivity (Wildman–Crippen MR) is 64.9 cm³/mol. The molecule has 0 aliphatic heterocycles. The Balaban J connectivity index is 2.85. The van der Waals surface area contributed by atoms with Gasteiger partial charge in [-0.3, -0.25) is 14.9 Å². The number of nitrogens with zero attached hydrogens (tertiary/aromatic N) is 1. The van der Waals surface area contributed by atoms with Crippen LogP contribution in [0.15, 0.2) is 24.3 Å². The van der Waals surface area contributed by atoms with Crippen LogP contribution in [-0.4, -0.2) is 16.9 Å². The number of amides is 1. The highest BCUT2D eigenvalue weighted by molar-refractivity contribution is 5.98. The molecular weight excluding hydrogens is 220 g/mol. The van der Waals surface area contributed by atoms with Gasteiger partial charge in [0, 0.05) is 12.1 Å². The molecule has 1 aromatic rings. The van der Waals surface area contributed by atoms with Gasteiger partial charge in [-0.25, -0.2) is 0 Å². The number of rotatable bonds is 5. The van der Waals surface area contributed by atoms with E-state index in [1.165, 1.54) is 12.1 Å². The molecule has 0 aliphatic rings. The molecule has 0 saturated heterocycles. The number of nitro groups is 1. The standard InChI is InChI=1S/C12H16N2O3/c1-3-6-9(2)13-12(15)10-7-4-5-8-11(10)14(16)17/h4-5,7-9H,3,6H2,1-2H3,(H,13,15). The van der Waals surface area contributed by atoms with Crippen LogP contribution in [-0.2, 0) is 0 Å². The molecule has 92 valence electrons. The van der Waals surface area contributed by atoms with Gasteiger partial charge < -0.3 is 5.32 Å². The first-order valence-corrected chi connectivity index (χ1v) is 5.60. The quantitative estimate of drug-likeness (QED) is 0.630. The highest BCUT2D eigenvalue weighted by Gasteiger charge is 2.19. The molecule has 1 N–H and O–H groups in total. The molecule has 0 heterocycles. The summed E-state index contributed by atoms with van der Waals surface area (Å²) in [5.41, 5.74) is -0.0471. The minimum Gasteiger partial charge on any atom is -0.349 e. The fourth-order valence-corrected chi connectivity index (χ4v) is 1.63. The molecule has 0 fully saturated rings. The second kappa shape index (κ2) is 5.98. The monoisotopic (exact) mass is 236 g/mol. The van der Waals surface area contributed by atoms with Gasteiger partial charge in [0.1, 0.15) is 5.56 Å². The Morgan fingerprint density at radius 2 is 2.12 bits per heavy atom. The average Bonchev–Trinajstić information content (AvgIpc) is 2.29. The summed E-state index contributed by atoms with van der Waals surface area (Å²) in [5.74, 6) is -0.391. The summed E-state index contributed by atoms with van der Waals surface area (Å²) in [4.78, 5) is 22.1. The van der Waals surface area contributed by atoms with Crippen LogP contribution < -0.4 is 5.32 Å². The van der Waals surface area contributed by atoms with Gasteiger partial charge in [-0.15, -0.1) is 0 Å². The number of nitro benzene ring substituents is 1. The second-order valence-electron chi connectivity index (χ2n) is 3.94. The van der Waals surface area contributed by atoms with Crippen LogP contribution in [0.5, 0.6) is 0 Å². The first kappa shape index (κ1) is 13.2. The van der Waals surface area contributed by atoms with Crippen molar-refractivity contribution in [2.75, 3.05) is 0 Å². The van der Waals surface area contributed by atoms with E-state index >= 15 is 0 Å². The number of hydrogen-bond donors (Lipinski definition) is 1. The van der Waals surface area contributed by atoms with Crippen molar-refractivity contribution in [1.29, 1.82) is 0 Å². The maximum Gasteiger partial charge on any atom is 0.282 e. The molecule has 0 aliphatic carbocycles. The maximum absolute atomic E-state index is 11.8. The van der Waals surface area contributed by atoms with Crippen molar-refractivity contribution in [3.8, 4) is 0 Å². The van der Waals surface area contributed by atoms with Crippen molar-refractivity contribution in [2.45, 2.75) is 32.7 Å². The van der Waals surface area contributed by atoms with E-state index in [-0.39, 0.29) is 17.3 Å².